The molecule has 1 aliphatic heterocycles. The molecule has 0 unspecified atom stereocenters. The van der Waals surface area contributed by atoms with Crippen LogP contribution in [0.4, 0.5) is 5.69 Å². The monoisotopic (exact) mass is 356 g/mol. The van der Waals surface area contributed by atoms with Gasteiger partial charge in [0.15, 0.2) is 0 Å². The summed E-state index contributed by atoms with van der Waals surface area (Å²) in [5, 5.41) is 62.6. The Labute approximate surface area is 144 Å². The molecule has 1 heterocycles. The van der Waals surface area contributed by atoms with Gasteiger partial charge in [0, 0.05) is 24.9 Å². The summed E-state index contributed by atoms with van der Waals surface area (Å²) in [6.45, 7) is 2.71. The fourth-order valence-electron chi connectivity index (χ4n) is 2.91. The van der Waals surface area contributed by atoms with Crippen LogP contribution in [0, 0.1) is 0 Å². The standard InChI is InChI=1S/C16H24N2O7/c1-3-14(20,21)18(15(22,23)4-2)9-8-10-6-5-7-11-12(10)16(24,25)13(19)17-11/h5-7,20-25H,3-4,8-9H2,1-2H3,(H,17,19). The third-order valence-electron chi connectivity index (χ3n) is 4.48. The highest BCUT2D eigenvalue weighted by Crippen LogP contribution is 2.37. The summed E-state index contributed by atoms with van der Waals surface area (Å²) in [5.74, 6) is -8.62. The molecule has 0 aromatic heterocycles. The molecular formula is C16H24N2O7. The molecule has 1 aromatic rings. The van der Waals surface area contributed by atoms with Crippen LogP contribution >= 0.6 is 0 Å². The van der Waals surface area contributed by atoms with Gasteiger partial charge in [0.25, 0.3) is 11.7 Å². The lowest BCUT2D eigenvalue weighted by Crippen LogP contribution is -2.61. The van der Waals surface area contributed by atoms with E-state index in [2.05, 4.69) is 5.32 Å². The highest BCUT2D eigenvalue weighted by molar-refractivity contribution is 6.04. The van der Waals surface area contributed by atoms with Gasteiger partial charge >= 0.3 is 0 Å². The quantitative estimate of drug-likeness (QED) is 0.298. The van der Waals surface area contributed by atoms with Crippen LogP contribution in [0.2, 0.25) is 0 Å². The number of carbonyl (C=O) groups is 1. The third-order valence-corrected chi connectivity index (χ3v) is 4.48. The Morgan fingerprint density at radius 2 is 1.64 bits per heavy atom. The molecule has 2 rings (SSSR count). The second-order valence-electron chi connectivity index (χ2n) is 6.12. The van der Waals surface area contributed by atoms with Gasteiger partial charge in [-0.1, -0.05) is 26.0 Å². The van der Waals surface area contributed by atoms with Crippen LogP contribution < -0.4 is 5.32 Å². The van der Waals surface area contributed by atoms with Crippen molar-refractivity contribution in [3.05, 3.63) is 29.3 Å². The van der Waals surface area contributed by atoms with E-state index in [1.807, 2.05) is 0 Å². The van der Waals surface area contributed by atoms with Crippen molar-refractivity contribution in [3.8, 4) is 0 Å². The SMILES string of the molecule is CCC(O)(O)N(CCc1cccc2c1C(O)(O)C(=O)N2)C(O)(O)CC. The van der Waals surface area contributed by atoms with Gasteiger partial charge in [-0.05, 0) is 18.1 Å². The van der Waals surface area contributed by atoms with Crippen LogP contribution in [0.3, 0.4) is 0 Å². The number of nitrogens with one attached hydrogen (secondary N) is 1. The van der Waals surface area contributed by atoms with Crippen LogP contribution in [-0.2, 0) is 17.0 Å². The van der Waals surface area contributed by atoms with Crippen molar-refractivity contribution in [2.75, 3.05) is 11.9 Å². The Bertz CT molecular complexity index is 642. The van der Waals surface area contributed by atoms with E-state index in [1.165, 1.54) is 19.9 Å². The third kappa shape index (κ3) is 3.53. The van der Waals surface area contributed by atoms with E-state index in [1.54, 1.807) is 12.1 Å². The van der Waals surface area contributed by atoms with Crippen molar-refractivity contribution >= 4 is 11.6 Å². The number of anilines is 1. The van der Waals surface area contributed by atoms with Crippen molar-refractivity contribution < 1.29 is 35.4 Å². The van der Waals surface area contributed by atoms with Crippen LogP contribution in [-0.4, -0.2) is 59.8 Å². The second kappa shape index (κ2) is 6.61. The van der Waals surface area contributed by atoms with Gasteiger partial charge in [0.1, 0.15) is 0 Å². The Balaban J connectivity index is 2.32. The van der Waals surface area contributed by atoms with Gasteiger partial charge in [0.05, 0.1) is 5.69 Å². The lowest BCUT2D eigenvalue weighted by atomic mass is 9.97. The van der Waals surface area contributed by atoms with Crippen molar-refractivity contribution in [1.82, 2.24) is 4.90 Å². The first-order chi connectivity index (χ1) is 11.5. The zero-order chi connectivity index (χ0) is 19.0. The maximum absolute atomic E-state index is 11.7. The molecule has 0 atom stereocenters. The first-order valence-corrected chi connectivity index (χ1v) is 8.03. The van der Waals surface area contributed by atoms with Crippen LogP contribution in [0.25, 0.3) is 0 Å². The molecule has 0 fully saturated rings. The minimum Gasteiger partial charge on any atom is -0.354 e. The first-order valence-electron chi connectivity index (χ1n) is 8.03. The number of hydrogen-bond donors (Lipinski definition) is 7. The predicted octanol–water partition coefficient (Wildman–Crippen LogP) is -1.28. The van der Waals surface area contributed by atoms with Gasteiger partial charge in [-0.25, -0.2) is 4.90 Å². The molecule has 0 bridgehead atoms. The Morgan fingerprint density at radius 1 is 1.08 bits per heavy atom. The van der Waals surface area contributed by atoms with Crippen molar-refractivity contribution in [1.29, 1.82) is 0 Å². The van der Waals surface area contributed by atoms with Crippen LogP contribution in [0.15, 0.2) is 18.2 Å². The smallest absolute Gasteiger partial charge is 0.289 e. The molecule has 1 aliphatic rings. The average molecular weight is 356 g/mol. The molecule has 0 aliphatic carbocycles. The Hall–Kier alpha value is -1.59. The van der Waals surface area contributed by atoms with Gasteiger partial charge in [-0.15, -0.1) is 0 Å². The first kappa shape index (κ1) is 19.7. The lowest BCUT2D eigenvalue weighted by molar-refractivity contribution is -0.385. The zero-order valence-corrected chi connectivity index (χ0v) is 14.1. The topological polar surface area (TPSA) is 154 Å². The summed E-state index contributed by atoms with van der Waals surface area (Å²) in [6, 6.07) is 4.64. The molecule has 0 saturated carbocycles. The molecule has 0 spiro atoms. The fraction of sp³-hybridized carbons (Fsp3) is 0.562. The Morgan fingerprint density at radius 3 is 2.16 bits per heavy atom. The van der Waals surface area contributed by atoms with E-state index < -0.39 is 23.5 Å². The summed E-state index contributed by atoms with van der Waals surface area (Å²) in [5.41, 5.74) is 0.559. The summed E-state index contributed by atoms with van der Waals surface area (Å²) in [4.78, 5) is 12.4. The molecule has 1 aromatic carbocycles. The minimum atomic E-state index is -2.70. The molecule has 0 saturated heterocycles. The van der Waals surface area contributed by atoms with Crippen molar-refractivity contribution in [2.45, 2.75) is 50.7 Å². The minimum absolute atomic E-state index is 0.00669. The number of carbonyl (C=O) groups excluding carboxylic acids is 1. The molecule has 9 heteroatoms. The molecule has 140 valence electrons. The summed E-state index contributed by atoms with van der Waals surface area (Å²) in [6.07, 6.45) is -0.369. The molecule has 7 N–H and O–H groups in total. The van der Waals surface area contributed by atoms with Crippen molar-refractivity contribution in [3.63, 3.8) is 0 Å². The highest BCUT2D eigenvalue weighted by Gasteiger charge is 2.46. The van der Waals surface area contributed by atoms with Crippen LogP contribution in [0.5, 0.6) is 0 Å². The zero-order valence-electron chi connectivity index (χ0n) is 14.1. The van der Waals surface area contributed by atoms with E-state index in [9.17, 15) is 35.4 Å². The molecule has 9 nitrogen and oxygen atoms in total. The highest BCUT2D eigenvalue weighted by atomic mass is 16.6. The molecular weight excluding hydrogens is 332 g/mol. The molecule has 1 amide bonds. The number of benzene rings is 1. The Kier molecular flexibility index (Phi) is 5.22. The maximum atomic E-state index is 11.7. The van der Waals surface area contributed by atoms with E-state index in [0.717, 1.165) is 0 Å². The normalized spacial score (nSPS) is 16.9. The fourth-order valence-corrected chi connectivity index (χ4v) is 2.91. The maximum Gasteiger partial charge on any atom is 0.289 e. The van der Waals surface area contributed by atoms with Gasteiger partial charge in [-0.3, -0.25) is 4.79 Å². The van der Waals surface area contributed by atoms with Crippen molar-refractivity contribution in [2.24, 2.45) is 0 Å². The molecule has 25 heavy (non-hydrogen) atoms. The largest absolute Gasteiger partial charge is 0.354 e. The summed E-state index contributed by atoms with van der Waals surface area (Å²) < 4.78 is 0. The number of aliphatic hydroxyl groups is 6. The summed E-state index contributed by atoms with van der Waals surface area (Å²) in [7, 11) is 0. The number of fused-ring (bicyclic) bond motifs is 1. The second-order valence-corrected chi connectivity index (χ2v) is 6.12. The number of hydrogen-bond acceptors (Lipinski definition) is 8. The van der Waals surface area contributed by atoms with Gasteiger partial charge in [-0.2, -0.15) is 0 Å². The van der Waals surface area contributed by atoms with Crippen LogP contribution in [0.1, 0.15) is 37.8 Å². The lowest BCUT2D eigenvalue weighted by Gasteiger charge is -2.42. The van der Waals surface area contributed by atoms with Gasteiger partial charge < -0.3 is 36.0 Å². The summed E-state index contributed by atoms with van der Waals surface area (Å²) >= 11 is 0. The molecule has 0 radical (unpaired) electrons. The predicted molar refractivity (Wildman–Crippen MR) is 86.5 cm³/mol. The number of nitrogens with zero attached hydrogens (tertiary/aromatic N) is 1. The van der Waals surface area contributed by atoms with Gasteiger partial charge in [0.2, 0.25) is 11.8 Å². The van der Waals surface area contributed by atoms with E-state index >= 15 is 0 Å². The van der Waals surface area contributed by atoms with E-state index in [4.69, 9.17) is 0 Å². The number of rotatable bonds is 7. The average Bonchev–Trinajstić information content (AvgIpc) is 2.77. The number of amides is 1. The van der Waals surface area contributed by atoms with E-state index in [0.29, 0.717) is 10.5 Å². The van der Waals surface area contributed by atoms with E-state index in [-0.39, 0.29) is 37.1 Å².